The third-order valence-electron chi connectivity index (χ3n) is 3.90. The van der Waals surface area contributed by atoms with Crippen LogP contribution < -0.4 is 10.5 Å². The van der Waals surface area contributed by atoms with Gasteiger partial charge in [-0.3, -0.25) is 4.90 Å². The van der Waals surface area contributed by atoms with E-state index in [0.717, 1.165) is 18.7 Å². The van der Waals surface area contributed by atoms with E-state index >= 15 is 0 Å². The SMILES string of the molecule is CCCCN(CC(N)c1ccc(OC)c(F)c1)C1CC1. The van der Waals surface area contributed by atoms with Crippen molar-refractivity contribution in [2.75, 3.05) is 20.2 Å². The summed E-state index contributed by atoms with van der Waals surface area (Å²) in [6, 6.07) is 5.55. The minimum atomic E-state index is -0.341. The van der Waals surface area contributed by atoms with Gasteiger partial charge in [0.05, 0.1) is 7.11 Å². The molecule has 0 amide bonds. The lowest BCUT2D eigenvalue weighted by atomic mass is 10.1. The van der Waals surface area contributed by atoms with Gasteiger partial charge in [-0.15, -0.1) is 0 Å². The molecule has 2 N–H and O–H groups in total. The molecule has 1 atom stereocenters. The van der Waals surface area contributed by atoms with Crippen molar-refractivity contribution in [3.63, 3.8) is 0 Å². The molecule has 1 unspecified atom stereocenters. The molecule has 1 aliphatic rings. The van der Waals surface area contributed by atoms with E-state index in [1.165, 1.54) is 38.9 Å². The molecule has 0 spiro atoms. The molecule has 3 nitrogen and oxygen atoms in total. The summed E-state index contributed by atoms with van der Waals surface area (Å²) in [4.78, 5) is 2.45. The van der Waals surface area contributed by atoms with Crippen LogP contribution in [0.2, 0.25) is 0 Å². The Hall–Kier alpha value is -1.13. The van der Waals surface area contributed by atoms with Gasteiger partial charge in [0.2, 0.25) is 0 Å². The molecular formula is C16H25FN2O. The summed E-state index contributed by atoms with van der Waals surface area (Å²) in [7, 11) is 1.47. The Kier molecular flexibility index (Phi) is 5.38. The normalized spacial score (nSPS) is 16.4. The largest absolute Gasteiger partial charge is 0.494 e. The molecule has 0 bridgehead atoms. The third-order valence-corrected chi connectivity index (χ3v) is 3.90. The number of halogens is 1. The molecule has 0 saturated heterocycles. The second kappa shape index (κ2) is 7.04. The van der Waals surface area contributed by atoms with E-state index in [9.17, 15) is 4.39 Å². The Morgan fingerprint density at radius 3 is 2.75 bits per heavy atom. The monoisotopic (exact) mass is 280 g/mol. The molecule has 4 heteroatoms. The van der Waals surface area contributed by atoms with Gasteiger partial charge >= 0.3 is 0 Å². The fourth-order valence-electron chi connectivity index (χ4n) is 2.50. The van der Waals surface area contributed by atoms with Gasteiger partial charge in [-0.1, -0.05) is 19.4 Å². The van der Waals surface area contributed by atoms with Crippen molar-refractivity contribution in [3.8, 4) is 5.75 Å². The number of methoxy groups -OCH3 is 1. The Morgan fingerprint density at radius 1 is 1.45 bits per heavy atom. The van der Waals surface area contributed by atoms with E-state index < -0.39 is 0 Å². The van der Waals surface area contributed by atoms with Crippen molar-refractivity contribution in [2.45, 2.75) is 44.7 Å². The van der Waals surface area contributed by atoms with E-state index in [2.05, 4.69) is 11.8 Å². The quantitative estimate of drug-likeness (QED) is 0.795. The maximum absolute atomic E-state index is 13.7. The Morgan fingerprint density at radius 2 is 2.20 bits per heavy atom. The van der Waals surface area contributed by atoms with Crippen molar-refractivity contribution in [1.82, 2.24) is 4.90 Å². The van der Waals surface area contributed by atoms with Crippen LogP contribution in [0.1, 0.15) is 44.2 Å². The van der Waals surface area contributed by atoms with Crippen LogP contribution in [-0.4, -0.2) is 31.1 Å². The lowest BCUT2D eigenvalue weighted by Crippen LogP contribution is -2.34. The molecule has 112 valence electrons. The maximum atomic E-state index is 13.7. The summed E-state index contributed by atoms with van der Waals surface area (Å²) in [6.45, 7) is 4.09. The molecule has 1 aromatic carbocycles. The zero-order valence-electron chi connectivity index (χ0n) is 12.4. The van der Waals surface area contributed by atoms with Crippen molar-refractivity contribution >= 4 is 0 Å². The van der Waals surface area contributed by atoms with E-state index in [1.54, 1.807) is 6.07 Å². The summed E-state index contributed by atoms with van der Waals surface area (Å²) in [5, 5.41) is 0. The smallest absolute Gasteiger partial charge is 0.165 e. The van der Waals surface area contributed by atoms with Crippen LogP contribution in [0.4, 0.5) is 4.39 Å². The highest BCUT2D eigenvalue weighted by Crippen LogP contribution is 2.29. The first kappa shape index (κ1) is 15.3. The lowest BCUT2D eigenvalue weighted by Gasteiger charge is -2.25. The van der Waals surface area contributed by atoms with Gasteiger partial charge in [0.25, 0.3) is 0 Å². The first-order chi connectivity index (χ1) is 9.65. The fraction of sp³-hybridized carbons (Fsp3) is 0.625. The molecule has 0 radical (unpaired) electrons. The Balaban J connectivity index is 1.98. The average molecular weight is 280 g/mol. The number of rotatable bonds is 8. The summed E-state index contributed by atoms with van der Waals surface area (Å²) >= 11 is 0. The molecule has 2 rings (SSSR count). The molecule has 1 aliphatic carbocycles. The molecule has 1 saturated carbocycles. The summed E-state index contributed by atoms with van der Waals surface area (Å²) in [6.07, 6.45) is 4.93. The maximum Gasteiger partial charge on any atom is 0.165 e. The van der Waals surface area contributed by atoms with E-state index in [4.69, 9.17) is 10.5 Å². The fourth-order valence-corrected chi connectivity index (χ4v) is 2.50. The highest BCUT2D eigenvalue weighted by molar-refractivity contribution is 5.31. The first-order valence-electron chi connectivity index (χ1n) is 7.48. The zero-order valence-corrected chi connectivity index (χ0v) is 12.4. The van der Waals surface area contributed by atoms with Gasteiger partial charge in [0, 0.05) is 18.6 Å². The molecular weight excluding hydrogens is 255 g/mol. The van der Waals surface area contributed by atoms with E-state index in [0.29, 0.717) is 6.04 Å². The second-order valence-corrected chi connectivity index (χ2v) is 5.58. The van der Waals surface area contributed by atoms with Gasteiger partial charge in [-0.05, 0) is 43.5 Å². The number of nitrogens with two attached hydrogens (primary N) is 1. The van der Waals surface area contributed by atoms with Crippen LogP contribution in [0.5, 0.6) is 5.75 Å². The first-order valence-corrected chi connectivity index (χ1v) is 7.48. The van der Waals surface area contributed by atoms with Gasteiger partial charge in [-0.2, -0.15) is 0 Å². The van der Waals surface area contributed by atoms with Crippen LogP contribution >= 0.6 is 0 Å². The number of nitrogens with zero attached hydrogens (tertiary/aromatic N) is 1. The van der Waals surface area contributed by atoms with E-state index in [1.807, 2.05) is 6.07 Å². The van der Waals surface area contributed by atoms with Crippen LogP contribution in [-0.2, 0) is 0 Å². The van der Waals surface area contributed by atoms with E-state index in [-0.39, 0.29) is 17.6 Å². The number of unbranched alkanes of at least 4 members (excludes halogenated alkanes) is 1. The van der Waals surface area contributed by atoms with Gasteiger partial charge < -0.3 is 10.5 Å². The van der Waals surface area contributed by atoms with Crippen LogP contribution in [0.15, 0.2) is 18.2 Å². The molecule has 0 aliphatic heterocycles. The summed E-state index contributed by atoms with van der Waals surface area (Å²) in [5.41, 5.74) is 7.08. The molecule has 1 fully saturated rings. The highest BCUT2D eigenvalue weighted by Gasteiger charge is 2.29. The standard InChI is InChI=1S/C16H25FN2O/c1-3-4-9-19(13-6-7-13)11-15(18)12-5-8-16(20-2)14(17)10-12/h5,8,10,13,15H,3-4,6-7,9,11,18H2,1-2H3. The zero-order chi connectivity index (χ0) is 14.5. The lowest BCUT2D eigenvalue weighted by molar-refractivity contribution is 0.243. The molecule has 1 aromatic rings. The number of hydrogen-bond donors (Lipinski definition) is 1. The van der Waals surface area contributed by atoms with Gasteiger partial charge in [0.1, 0.15) is 0 Å². The Labute approximate surface area is 120 Å². The second-order valence-electron chi connectivity index (χ2n) is 5.58. The van der Waals surface area contributed by atoms with Crippen molar-refractivity contribution < 1.29 is 9.13 Å². The van der Waals surface area contributed by atoms with Gasteiger partial charge in [-0.25, -0.2) is 4.39 Å². The molecule has 0 heterocycles. The minimum absolute atomic E-state index is 0.145. The van der Waals surface area contributed by atoms with Crippen LogP contribution in [0.25, 0.3) is 0 Å². The topological polar surface area (TPSA) is 38.5 Å². The minimum Gasteiger partial charge on any atom is -0.494 e. The van der Waals surface area contributed by atoms with Crippen LogP contribution in [0.3, 0.4) is 0 Å². The number of hydrogen-bond acceptors (Lipinski definition) is 3. The molecule has 0 aromatic heterocycles. The molecule has 20 heavy (non-hydrogen) atoms. The average Bonchev–Trinajstić information content (AvgIpc) is 3.27. The van der Waals surface area contributed by atoms with Crippen LogP contribution in [0, 0.1) is 5.82 Å². The predicted molar refractivity (Wildman–Crippen MR) is 79.4 cm³/mol. The number of ether oxygens (including phenoxy) is 1. The highest BCUT2D eigenvalue weighted by atomic mass is 19.1. The Bertz CT molecular complexity index is 434. The van der Waals surface area contributed by atoms with Crippen molar-refractivity contribution in [2.24, 2.45) is 5.73 Å². The van der Waals surface area contributed by atoms with Gasteiger partial charge in [0.15, 0.2) is 11.6 Å². The predicted octanol–water partition coefficient (Wildman–Crippen LogP) is 3.10. The summed E-state index contributed by atoms with van der Waals surface area (Å²) < 4.78 is 18.7. The van der Waals surface area contributed by atoms with Crippen molar-refractivity contribution in [1.29, 1.82) is 0 Å². The number of benzene rings is 1. The third kappa shape index (κ3) is 3.93. The van der Waals surface area contributed by atoms with Crippen molar-refractivity contribution in [3.05, 3.63) is 29.6 Å². The summed E-state index contributed by atoms with van der Waals surface area (Å²) in [5.74, 6) is -0.0713.